The van der Waals surface area contributed by atoms with Gasteiger partial charge in [-0.15, -0.1) is 10.2 Å². The number of rotatable bonds is 3. The molecule has 1 aromatic carbocycles. The van der Waals surface area contributed by atoms with Gasteiger partial charge in [0, 0.05) is 11.6 Å². The van der Waals surface area contributed by atoms with E-state index >= 15 is 0 Å². The van der Waals surface area contributed by atoms with Gasteiger partial charge >= 0.3 is 0 Å². The Hall–Kier alpha value is -2.19. The average Bonchev–Trinajstić information content (AvgIpc) is 2.82. The van der Waals surface area contributed by atoms with Crippen LogP contribution in [0.4, 0.5) is 0 Å². The standard InChI is InChI=1S/C13H14N4O/c1-9(2)17-12(8-18)15-16-13(17)11-5-3-10(7-14)4-6-11/h3-6,9,18H,8H2,1-2H3. The first-order valence-corrected chi connectivity index (χ1v) is 5.72. The number of nitrogens with zero attached hydrogens (tertiary/aromatic N) is 4. The molecule has 0 spiro atoms. The molecule has 5 nitrogen and oxygen atoms in total. The number of aliphatic hydroxyl groups excluding tert-OH is 1. The topological polar surface area (TPSA) is 74.7 Å². The zero-order chi connectivity index (χ0) is 13.1. The van der Waals surface area contributed by atoms with Crippen LogP contribution in [0.15, 0.2) is 24.3 Å². The molecule has 0 aliphatic heterocycles. The lowest BCUT2D eigenvalue weighted by Crippen LogP contribution is -2.08. The molecule has 2 aromatic rings. The van der Waals surface area contributed by atoms with Crippen LogP contribution in [0.5, 0.6) is 0 Å². The van der Waals surface area contributed by atoms with Crippen LogP contribution in [0.2, 0.25) is 0 Å². The highest BCUT2D eigenvalue weighted by molar-refractivity contribution is 5.57. The lowest BCUT2D eigenvalue weighted by atomic mass is 10.1. The second kappa shape index (κ2) is 4.98. The van der Waals surface area contributed by atoms with E-state index in [-0.39, 0.29) is 12.6 Å². The minimum Gasteiger partial charge on any atom is -0.388 e. The molecule has 0 aliphatic rings. The number of hydrogen-bond acceptors (Lipinski definition) is 4. The molecule has 0 amide bonds. The summed E-state index contributed by atoms with van der Waals surface area (Å²) >= 11 is 0. The Labute approximate surface area is 105 Å². The van der Waals surface area contributed by atoms with Crippen molar-refractivity contribution in [1.82, 2.24) is 14.8 Å². The molecule has 0 saturated carbocycles. The molecule has 0 atom stereocenters. The maximum atomic E-state index is 9.24. The quantitative estimate of drug-likeness (QED) is 0.891. The first-order valence-electron chi connectivity index (χ1n) is 5.72. The molecule has 0 aliphatic carbocycles. The number of aromatic nitrogens is 3. The van der Waals surface area contributed by atoms with Gasteiger partial charge in [-0.2, -0.15) is 5.26 Å². The predicted molar refractivity (Wildman–Crippen MR) is 66.5 cm³/mol. The molecule has 0 bridgehead atoms. The summed E-state index contributed by atoms with van der Waals surface area (Å²) in [4.78, 5) is 0. The molecular formula is C13H14N4O. The minimum absolute atomic E-state index is 0.137. The Morgan fingerprint density at radius 1 is 1.28 bits per heavy atom. The van der Waals surface area contributed by atoms with E-state index in [1.54, 1.807) is 12.1 Å². The Morgan fingerprint density at radius 3 is 2.44 bits per heavy atom. The third-order valence-corrected chi connectivity index (χ3v) is 2.70. The van der Waals surface area contributed by atoms with Crippen molar-refractivity contribution in [3.05, 3.63) is 35.7 Å². The normalized spacial score (nSPS) is 10.6. The minimum atomic E-state index is -0.137. The van der Waals surface area contributed by atoms with Crippen molar-refractivity contribution in [3.8, 4) is 17.5 Å². The summed E-state index contributed by atoms with van der Waals surface area (Å²) in [6.07, 6.45) is 0. The van der Waals surface area contributed by atoms with Gasteiger partial charge in [0.2, 0.25) is 0 Å². The monoisotopic (exact) mass is 242 g/mol. The maximum Gasteiger partial charge on any atom is 0.164 e. The Balaban J connectivity index is 2.50. The predicted octanol–water partition coefficient (Wildman–Crippen LogP) is 1.89. The fourth-order valence-electron chi connectivity index (χ4n) is 1.86. The van der Waals surface area contributed by atoms with Crippen LogP contribution in [-0.4, -0.2) is 19.9 Å². The molecule has 1 N–H and O–H groups in total. The van der Waals surface area contributed by atoms with Gasteiger partial charge in [0.25, 0.3) is 0 Å². The first kappa shape index (κ1) is 12.3. The number of nitriles is 1. The summed E-state index contributed by atoms with van der Waals surface area (Å²) in [5, 5.41) is 26.1. The van der Waals surface area contributed by atoms with Crippen molar-refractivity contribution in [3.63, 3.8) is 0 Å². The number of aliphatic hydroxyl groups is 1. The molecule has 18 heavy (non-hydrogen) atoms. The van der Waals surface area contributed by atoms with Crippen LogP contribution in [-0.2, 0) is 6.61 Å². The van der Waals surface area contributed by atoms with E-state index in [9.17, 15) is 5.11 Å². The fraction of sp³-hybridized carbons (Fsp3) is 0.308. The zero-order valence-corrected chi connectivity index (χ0v) is 10.3. The average molecular weight is 242 g/mol. The van der Waals surface area contributed by atoms with Crippen LogP contribution in [0, 0.1) is 11.3 Å². The fourth-order valence-corrected chi connectivity index (χ4v) is 1.86. The van der Waals surface area contributed by atoms with E-state index < -0.39 is 0 Å². The third-order valence-electron chi connectivity index (χ3n) is 2.70. The van der Waals surface area contributed by atoms with Crippen LogP contribution in [0.1, 0.15) is 31.3 Å². The van der Waals surface area contributed by atoms with Crippen molar-refractivity contribution in [1.29, 1.82) is 5.26 Å². The van der Waals surface area contributed by atoms with E-state index in [1.165, 1.54) is 0 Å². The Morgan fingerprint density at radius 2 is 1.94 bits per heavy atom. The highest BCUT2D eigenvalue weighted by Gasteiger charge is 2.15. The van der Waals surface area contributed by atoms with Gasteiger partial charge in [-0.3, -0.25) is 0 Å². The van der Waals surface area contributed by atoms with Crippen LogP contribution < -0.4 is 0 Å². The largest absolute Gasteiger partial charge is 0.388 e. The van der Waals surface area contributed by atoms with Crippen molar-refractivity contribution in [2.24, 2.45) is 0 Å². The van der Waals surface area contributed by atoms with Gasteiger partial charge in [0.05, 0.1) is 11.6 Å². The molecule has 1 heterocycles. The highest BCUT2D eigenvalue weighted by Crippen LogP contribution is 2.22. The van der Waals surface area contributed by atoms with Crippen molar-refractivity contribution >= 4 is 0 Å². The second-order valence-corrected chi connectivity index (χ2v) is 4.25. The van der Waals surface area contributed by atoms with Crippen molar-refractivity contribution in [2.45, 2.75) is 26.5 Å². The Bertz CT molecular complexity index is 578. The smallest absolute Gasteiger partial charge is 0.164 e. The van der Waals surface area contributed by atoms with Crippen LogP contribution in [0.3, 0.4) is 0 Å². The zero-order valence-electron chi connectivity index (χ0n) is 10.3. The molecule has 0 radical (unpaired) electrons. The van der Waals surface area contributed by atoms with E-state index in [2.05, 4.69) is 16.3 Å². The third kappa shape index (κ3) is 2.11. The van der Waals surface area contributed by atoms with Crippen molar-refractivity contribution < 1.29 is 5.11 Å². The van der Waals surface area contributed by atoms with E-state index in [0.717, 1.165) is 5.56 Å². The van der Waals surface area contributed by atoms with Gasteiger partial charge in [-0.1, -0.05) is 0 Å². The van der Waals surface area contributed by atoms with Gasteiger partial charge in [-0.05, 0) is 38.1 Å². The lowest BCUT2D eigenvalue weighted by Gasteiger charge is -2.12. The first-order chi connectivity index (χ1) is 8.67. The molecule has 1 aromatic heterocycles. The van der Waals surface area contributed by atoms with Gasteiger partial charge < -0.3 is 9.67 Å². The molecule has 2 rings (SSSR count). The van der Waals surface area contributed by atoms with Gasteiger partial charge in [0.1, 0.15) is 6.61 Å². The maximum absolute atomic E-state index is 9.24. The lowest BCUT2D eigenvalue weighted by molar-refractivity contribution is 0.262. The molecular weight excluding hydrogens is 228 g/mol. The summed E-state index contributed by atoms with van der Waals surface area (Å²) in [6.45, 7) is 3.88. The summed E-state index contributed by atoms with van der Waals surface area (Å²) in [5.41, 5.74) is 1.49. The van der Waals surface area contributed by atoms with Crippen LogP contribution >= 0.6 is 0 Å². The Kier molecular flexibility index (Phi) is 3.40. The van der Waals surface area contributed by atoms with Crippen LogP contribution in [0.25, 0.3) is 11.4 Å². The summed E-state index contributed by atoms with van der Waals surface area (Å²) in [6, 6.07) is 9.40. The second-order valence-electron chi connectivity index (χ2n) is 4.25. The molecule has 0 saturated heterocycles. The highest BCUT2D eigenvalue weighted by atomic mass is 16.3. The van der Waals surface area contributed by atoms with E-state index in [1.807, 2.05) is 30.5 Å². The van der Waals surface area contributed by atoms with E-state index in [4.69, 9.17) is 5.26 Å². The van der Waals surface area contributed by atoms with E-state index in [0.29, 0.717) is 17.2 Å². The summed E-state index contributed by atoms with van der Waals surface area (Å²) in [7, 11) is 0. The van der Waals surface area contributed by atoms with Gasteiger partial charge in [0.15, 0.2) is 11.6 Å². The molecule has 0 unspecified atom stereocenters. The summed E-state index contributed by atoms with van der Waals surface area (Å²) in [5.74, 6) is 1.25. The molecule has 0 fully saturated rings. The molecule has 5 heteroatoms. The van der Waals surface area contributed by atoms with Gasteiger partial charge in [-0.25, -0.2) is 0 Å². The number of hydrogen-bond donors (Lipinski definition) is 1. The summed E-state index contributed by atoms with van der Waals surface area (Å²) < 4.78 is 1.89. The number of benzene rings is 1. The van der Waals surface area contributed by atoms with Crippen molar-refractivity contribution in [2.75, 3.05) is 0 Å². The molecule has 92 valence electrons. The SMILES string of the molecule is CC(C)n1c(CO)nnc1-c1ccc(C#N)cc1.